The predicted molar refractivity (Wildman–Crippen MR) is 68.2 cm³/mol. The molecule has 0 unspecified atom stereocenters. The number of rotatable bonds is 2. The van der Waals surface area contributed by atoms with Crippen LogP contribution in [0.15, 0.2) is 36.4 Å². The van der Waals surface area contributed by atoms with Gasteiger partial charge in [-0.05, 0) is 17.0 Å². The summed E-state index contributed by atoms with van der Waals surface area (Å²) in [6, 6.07) is 12.5. The SMILES string of the molecule is COc1ccc(CI)c2ccccc12. The molecule has 0 radical (unpaired) electrons. The largest absolute Gasteiger partial charge is 0.496 e. The zero-order chi connectivity index (χ0) is 9.97. The topological polar surface area (TPSA) is 9.23 Å². The summed E-state index contributed by atoms with van der Waals surface area (Å²) in [5.74, 6) is 0.953. The third kappa shape index (κ3) is 1.59. The first-order chi connectivity index (χ1) is 6.86. The van der Waals surface area contributed by atoms with Crippen LogP contribution in [-0.4, -0.2) is 7.11 Å². The highest BCUT2D eigenvalue weighted by molar-refractivity contribution is 14.1. The Labute approximate surface area is 97.2 Å². The van der Waals surface area contributed by atoms with E-state index in [1.807, 2.05) is 12.1 Å². The fraction of sp³-hybridized carbons (Fsp3) is 0.167. The summed E-state index contributed by atoms with van der Waals surface area (Å²) in [5.41, 5.74) is 1.36. The van der Waals surface area contributed by atoms with Crippen LogP contribution in [0.4, 0.5) is 0 Å². The second kappa shape index (κ2) is 4.17. The van der Waals surface area contributed by atoms with Gasteiger partial charge in [-0.1, -0.05) is 52.9 Å². The van der Waals surface area contributed by atoms with E-state index in [-0.39, 0.29) is 0 Å². The van der Waals surface area contributed by atoms with Crippen molar-refractivity contribution in [3.8, 4) is 5.75 Å². The van der Waals surface area contributed by atoms with Crippen molar-refractivity contribution in [1.29, 1.82) is 0 Å². The van der Waals surface area contributed by atoms with Gasteiger partial charge in [0.25, 0.3) is 0 Å². The molecule has 0 aliphatic carbocycles. The number of alkyl halides is 1. The first-order valence-corrected chi connectivity index (χ1v) is 6.00. The number of fused-ring (bicyclic) bond motifs is 1. The molecule has 2 heteroatoms. The van der Waals surface area contributed by atoms with E-state index >= 15 is 0 Å². The molecule has 0 atom stereocenters. The highest BCUT2D eigenvalue weighted by Gasteiger charge is 2.03. The smallest absolute Gasteiger partial charge is 0.126 e. The maximum atomic E-state index is 5.32. The Morgan fingerprint density at radius 3 is 2.43 bits per heavy atom. The van der Waals surface area contributed by atoms with Gasteiger partial charge in [-0.2, -0.15) is 0 Å². The predicted octanol–water partition coefficient (Wildman–Crippen LogP) is 3.78. The van der Waals surface area contributed by atoms with Crippen LogP contribution in [0.1, 0.15) is 5.56 Å². The number of hydrogen-bond donors (Lipinski definition) is 0. The first-order valence-electron chi connectivity index (χ1n) is 4.47. The van der Waals surface area contributed by atoms with Crippen molar-refractivity contribution in [2.45, 2.75) is 4.43 Å². The van der Waals surface area contributed by atoms with Crippen LogP contribution in [0.5, 0.6) is 5.75 Å². The van der Waals surface area contributed by atoms with Gasteiger partial charge in [0, 0.05) is 9.81 Å². The van der Waals surface area contributed by atoms with Crippen LogP contribution in [0.25, 0.3) is 10.8 Å². The van der Waals surface area contributed by atoms with E-state index in [1.54, 1.807) is 7.11 Å². The maximum absolute atomic E-state index is 5.32. The lowest BCUT2D eigenvalue weighted by Gasteiger charge is -2.08. The van der Waals surface area contributed by atoms with Crippen LogP contribution >= 0.6 is 22.6 Å². The molecule has 0 aliphatic heterocycles. The minimum absolute atomic E-state index is 0.953. The minimum atomic E-state index is 0.953. The Morgan fingerprint density at radius 1 is 1.07 bits per heavy atom. The number of methoxy groups -OCH3 is 1. The van der Waals surface area contributed by atoms with E-state index in [0.29, 0.717) is 0 Å². The van der Waals surface area contributed by atoms with Crippen molar-refractivity contribution >= 4 is 33.4 Å². The second-order valence-electron chi connectivity index (χ2n) is 3.11. The molecule has 2 aromatic carbocycles. The van der Waals surface area contributed by atoms with Gasteiger partial charge in [0.05, 0.1) is 7.11 Å². The van der Waals surface area contributed by atoms with Crippen LogP contribution in [0, 0.1) is 0 Å². The van der Waals surface area contributed by atoms with Crippen molar-refractivity contribution in [2.24, 2.45) is 0 Å². The molecule has 0 amide bonds. The zero-order valence-electron chi connectivity index (χ0n) is 7.96. The van der Waals surface area contributed by atoms with Crippen molar-refractivity contribution < 1.29 is 4.74 Å². The maximum Gasteiger partial charge on any atom is 0.126 e. The van der Waals surface area contributed by atoms with Gasteiger partial charge in [-0.25, -0.2) is 0 Å². The van der Waals surface area contributed by atoms with E-state index in [9.17, 15) is 0 Å². The van der Waals surface area contributed by atoms with Crippen molar-refractivity contribution in [3.63, 3.8) is 0 Å². The minimum Gasteiger partial charge on any atom is -0.496 e. The number of ether oxygens (including phenoxy) is 1. The summed E-state index contributed by atoms with van der Waals surface area (Å²) in [6.45, 7) is 0. The van der Waals surface area contributed by atoms with Gasteiger partial charge in [-0.3, -0.25) is 0 Å². The van der Waals surface area contributed by atoms with Crippen molar-refractivity contribution in [3.05, 3.63) is 42.0 Å². The summed E-state index contributed by atoms with van der Waals surface area (Å²) in [6.07, 6.45) is 0. The molecule has 0 aromatic heterocycles. The molecule has 0 fully saturated rings. The van der Waals surface area contributed by atoms with Crippen LogP contribution in [0.2, 0.25) is 0 Å². The van der Waals surface area contributed by atoms with Crippen LogP contribution in [0.3, 0.4) is 0 Å². The highest BCUT2D eigenvalue weighted by atomic mass is 127. The zero-order valence-corrected chi connectivity index (χ0v) is 10.1. The highest BCUT2D eigenvalue weighted by Crippen LogP contribution is 2.29. The standard InChI is InChI=1S/C12H11IO/c1-14-12-7-6-9(8-13)10-4-2-3-5-11(10)12/h2-7H,8H2,1H3. The molecule has 1 nitrogen and oxygen atoms in total. The van der Waals surface area contributed by atoms with Crippen LogP contribution < -0.4 is 4.74 Å². The molecule has 14 heavy (non-hydrogen) atoms. The lowest BCUT2D eigenvalue weighted by molar-refractivity contribution is 0.420. The molecule has 0 saturated heterocycles. The molecule has 0 spiro atoms. The third-order valence-electron chi connectivity index (χ3n) is 2.34. The van der Waals surface area contributed by atoms with Gasteiger partial charge in [-0.15, -0.1) is 0 Å². The molecule has 0 saturated carbocycles. The Bertz CT molecular complexity index is 409. The lowest BCUT2D eigenvalue weighted by atomic mass is 10.1. The summed E-state index contributed by atoms with van der Waals surface area (Å²) >= 11 is 2.38. The first kappa shape index (κ1) is 9.77. The lowest BCUT2D eigenvalue weighted by Crippen LogP contribution is -1.87. The van der Waals surface area contributed by atoms with Gasteiger partial charge in [0.2, 0.25) is 0 Å². The fourth-order valence-corrected chi connectivity index (χ4v) is 2.29. The second-order valence-corrected chi connectivity index (χ2v) is 3.87. The van der Waals surface area contributed by atoms with E-state index in [1.165, 1.54) is 16.3 Å². The van der Waals surface area contributed by atoms with E-state index in [2.05, 4.69) is 46.9 Å². The number of halogens is 1. The molecule has 0 heterocycles. The summed E-state index contributed by atoms with van der Waals surface area (Å²) in [7, 11) is 1.71. The van der Waals surface area contributed by atoms with Gasteiger partial charge >= 0.3 is 0 Å². The monoisotopic (exact) mass is 298 g/mol. The average molecular weight is 298 g/mol. The van der Waals surface area contributed by atoms with Crippen molar-refractivity contribution in [1.82, 2.24) is 0 Å². The molecule has 0 N–H and O–H groups in total. The molecular weight excluding hydrogens is 287 g/mol. The Morgan fingerprint density at radius 2 is 1.79 bits per heavy atom. The van der Waals surface area contributed by atoms with Crippen LogP contribution in [-0.2, 0) is 4.43 Å². The summed E-state index contributed by atoms with van der Waals surface area (Å²) < 4.78 is 6.35. The normalized spacial score (nSPS) is 10.4. The van der Waals surface area contributed by atoms with Gasteiger partial charge in [0.15, 0.2) is 0 Å². The van der Waals surface area contributed by atoms with E-state index < -0.39 is 0 Å². The molecule has 0 aliphatic rings. The molecule has 72 valence electrons. The molecule has 2 aromatic rings. The van der Waals surface area contributed by atoms with E-state index in [0.717, 1.165) is 10.2 Å². The number of benzene rings is 2. The van der Waals surface area contributed by atoms with Gasteiger partial charge in [0.1, 0.15) is 5.75 Å². The van der Waals surface area contributed by atoms with Gasteiger partial charge < -0.3 is 4.74 Å². The molecule has 2 rings (SSSR count). The molecule has 0 bridgehead atoms. The average Bonchev–Trinajstić information content (AvgIpc) is 2.27. The fourth-order valence-electron chi connectivity index (χ4n) is 1.63. The third-order valence-corrected chi connectivity index (χ3v) is 3.16. The number of hydrogen-bond acceptors (Lipinski definition) is 1. The van der Waals surface area contributed by atoms with Crippen molar-refractivity contribution in [2.75, 3.05) is 7.11 Å². The Hall–Kier alpha value is -0.770. The molecular formula is C12H11IO. The quantitative estimate of drug-likeness (QED) is 0.605. The Balaban J connectivity index is 2.78. The summed E-state index contributed by atoms with van der Waals surface area (Å²) in [4.78, 5) is 0. The Kier molecular flexibility index (Phi) is 2.91. The van der Waals surface area contributed by atoms with E-state index in [4.69, 9.17) is 4.74 Å². The summed E-state index contributed by atoms with van der Waals surface area (Å²) in [5, 5.41) is 2.49.